The second-order valence-corrected chi connectivity index (χ2v) is 7.32. The van der Waals surface area contributed by atoms with Gasteiger partial charge in [-0.15, -0.1) is 0 Å². The maximum Gasteiger partial charge on any atom is 0.205 e. The summed E-state index contributed by atoms with van der Waals surface area (Å²) in [5.41, 5.74) is 8.92. The number of benzene rings is 3. The molecule has 0 aliphatic carbocycles. The lowest BCUT2D eigenvalue weighted by Gasteiger charge is -2.27. The van der Waals surface area contributed by atoms with Crippen molar-refractivity contribution in [3.05, 3.63) is 93.8 Å². The molecular formula is C24H18ClN3O3. The zero-order valence-corrected chi connectivity index (χ0v) is 17.3. The Balaban J connectivity index is 1.79. The van der Waals surface area contributed by atoms with Crippen LogP contribution in [0.5, 0.6) is 17.2 Å². The van der Waals surface area contributed by atoms with Crippen LogP contribution in [0.2, 0.25) is 5.02 Å². The third-order valence-corrected chi connectivity index (χ3v) is 5.21. The Morgan fingerprint density at radius 3 is 2.65 bits per heavy atom. The van der Waals surface area contributed by atoms with E-state index in [2.05, 4.69) is 11.1 Å². The van der Waals surface area contributed by atoms with Gasteiger partial charge in [0.25, 0.3) is 0 Å². The molecule has 0 fully saturated rings. The van der Waals surface area contributed by atoms with E-state index in [1.54, 1.807) is 55.8 Å². The van der Waals surface area contributed by atoms with Crippen molar-refractivity contribution < 1.29 is 14.6 Å². The average molecular weight is 432 g/mol. The van der Waals surface area contributed by atoms with Gasteiger partial charge in [0.15, 0.2) is 0 Å². The first-order valence-corrected chi connectivity index (χ1v) is 9.76. The Labute approximate surface area is 184 Å². The molecule has 0 bridgehead atoms. The summed E-state index contributed by atoms with van der Waals surface area (Å²) in [5, 5.41) is 20.8. The van der Waals surface area contributed by atoms with Gasteiger partial charge in [0.05, 0.1) is 18.7 Å². The number of nitrogens with zero attached hydrogens (tertiary/aromatic N) is 2. The van der Waals surface area contributed by atoms with Crippen molar-refractivity contribution in [3.8, 4) is 23.3 Å². The van der Waals surface area contributed by atoms with Gasteiger partial charge in [-0.05, 0) is 48.0 Å². The molecule has 1 aliphatic heterocycles. The minimum atomic E-state index is -0.485. The third-order valence-electron chi connectivity index (χ3n) is 4.97. The van der Waals surface area contributed by atoms with Gasteiger partial charge in [-0.25, -0.2) is 0 Å². The number of hydrogen-bond acceptors (Lipinski definition) is 6. The van der Waals surface area contributed by atoms with Crippen molar-refractivity contribution >= 4 is 23.5 Å². The number of phenols is 1. The Morgan fingerprint density at radius 2 is 1.97 bits per heavy atom. The van der Waals surface area contributed by atoms with E-state index in [1.165, 1.54) is 6.07 Å². The number of aromatic hydroxyl groups is 1. The number of halogens is 1. The van der Waals surface area contributed by atoms with Gasteiger partial charge in [0.1, 0.15) is 28.9 Å². The van der Waals surface area contributed by atoms with E-state index in [9.17, 15) is 10.4 Å². The van der Waals surface area contributed by atoms with Crippen LogP contribution in [0.15, 0.2) is 77.1 Å². The minimum absolute atomic E-state index is 0.000902. The van der Waals surface area contributed by atoms with Crippen molar-refractivity contribution in [1.82, 2.24) is 0 Å². The monoisotopic (exact) mass is 431 g/mol. The van der Waals surface area contributed by atoms with Crippen LogP contribution >= 0.6 is 11.6 Å². The molecule has 31 heavy (non-hydrogen) atoms. The van der Waals surface area contributed by atoms with Crippen molar-refractivity contribution in [3.63, 3.8) is 0 Å². The van der Waals surface area contributed by atoms with E-state index < -0.39 is 5.92 Å². The number of ether oxygens (including phenoxy) is 2. The summed E-state index contributed by atoms with van der Waals surface area (Å²) < 4.78 is 10.8. The van der Waals surface area contributed by atoms with Gasteiger partial charge in [-0.1, -0.05) is 23.7 Å². The molecule has 3 aromatic carbocycles. The zero-order chi connectivity index (χ0) is 22.0. The molecule has 3 N–H and O–H groups in total. The molecule has 0 aromatic heterocycles. The summed E-state index contributed by atoms with van der Waals surface area (Å²) in [6.45, 7) is 0. The van der Waals surface area contributed by atoms with E-state index in [0.29, 0.717) is 27.6 Å². The maximum absolute atomic E-state index is 10.5. The highest BCUT2D eigenvalue weighted by atomic mass is 35.5. The van der Waals surface area contributed by atoms with E-state index >= 15 is 0 Å². The van der Waals surface area contributed by atoms with Crippen LogP contribution in [-0.4, -0.2) is 18.4 Å². The highest BCUT2D eigenvalue weighted by molar-refractivity contribution is 6.30. The van der Waals surface area contributed by atoms with Crippen molar-refractivity contribution in [2.24, 2.45) is 10.7 Å². The van der Waals surface area contributed by atoms with Crippen LogP contribution in [0.4, 0.5) is 5.69 Å². The Morgan fingerprint density at radius 1 is 1.19 bits per heavy atom. The average Bonchev–Trinajstić information content (AvgIpc) is 2.77. The minimum Gasteiger partial charge on any atom is -0.507 e. The van der Waals surface area contributed by atoms with Gasteiger partial charge in [0.2, 0.25) is 5.88 Å². The molecule has 1 heterocycles. The van der Waals surface area contributed by atoms with Crippen LogP contribution in [0.3, 0.4) is 0 Å². The summed E-state index contributed by atoms with van der Waals surface area (Å²) in [6, 6.07) is 19.8. The first-order valence-electron chi connectivity index (χ1n) is 9.38. The Bertz CT molecular complexity index is 1240. The van der Waals surface area contributed by atoms with Crippen LogP contribution in [0, 0.1) is 11.3 Å². The van der Waals surface area contributed by atoms with Gasteiger partial charge < -0.3 is 20.3 Å². The van der Waals surface area contributed by atoms with Crippen LogP contribution in [-0.2, 0) is 0 Å². The summed E-state index contributed by atoms with van der Waals surface area (Å²) in [5.74, 6) is 0.598. The lowest BCUT2D eigenvalue weighted by atomic mass is 9.83. The molecule has 0 radical (unpaired) electrons. The molecule has 4 rings (SSSR count). The second kappa shape index (κ2) is 8.42. The predicted molar refractivity (Wildman–Crippen MR) is 119 cm³/mol. The largest absolute Gasteiger partial charge is 0.507 e. The third kappa shape index (κ3) is 4.04. The molecule has 0 spiro atoms. The second-order valence-electron chi connectivity index (χ2n) is 6.88. The van der Waals surface area contributed by atoms with Crippen LogP contribution in [0.25, 0.3) is 0 Å². The lowest BCUT2D eigenvalue weighted by molar-refractivity contribution is 0.388. The number of fused-ring (bicyclic) bond motifs is 1. The van der Waals surface area contributed by atoms with Crippen molar-refractivity contribution in [2.45, 2.75) is 5.92 Å². The summed E-state index contributed by atoms with van der Waals surface area (Å²) in [4.78, 5) is 4.42. The number of allylic oxidation sites excluding steroid dienone is 1. The Kier molecular flexibility index (Phi) is 5.52. The standard InChI is InChI=1S/C24H18ClN3O3/c1-30-18-7-5-17(6-8-18)28-13-15-10-19-22(11-21(15)29)31-24(27)20(12-26)23(19)14-3-2-4-16(25)9-14/h2-11,13,23,29H,27H2,1H3. The number of hydrogen-bond donors (Lipinski definition) is 2. The van der Waals surface area contributed by atoms with Crippen molar-refractivity contribution in [1.29, 1.82) is 5.26 Å². The molecule has 0 saturated heterocycles. The number of rotatable bonds is 4. The molecule has 6 nitrogen and oxygen atoms in total. The van der Waals surface area contributed by atoms with Gasteiger partial charge in [-0.2, -0.15) is 5.26 Å². The summed E-state index contributed by atoms with van der Waals surface area (Å²) >= 11 is 6.18. The van der Waals surface area contributed by atoms with Crippen LogP contribution in [0.1, 0.15) is 22.6 Å². The fourth-order valence-electron chi connectivity index (χ4n) is 3.46. The quantitative estimate of drug-likeness (QED) is 0.564. The van der Waals surface area contributed by atoms with E-state index in [0.717, 1.165) is 11.3 Å². The molecule has 1 unspecified atom stereocenters. The number of nitriles is 1. The highest BCUT2D eigenvalue weighted by Gasteiger charge is 2.31. The molecule has 3 aromatic rings. The van der Waals surface area contributed by atoms with Gasteiger partial charge in [-0.3, -0.25) is 4.99 Å². The lowest BCUT2D eigenvalue weighted by Crippen LogP contribution is -2.21. The smallest absolute Gasteiger partial charge is 0.205 e. The topological polar surface area (TPSA) is 101 Å². The normalized spacial score (nSPS) is 15.3. The molecule has 0 amide bonds. The summed E-state index contributed by atoms with van der Waals surface area (Å²) in [7, 11) is 1.60. The SMILES string of the molecule is COc1ccc(N=Cc2cc3c(cc2O)OC(N)=C(C#N)C3c2cccc(Cl)c2)cc1. The number of phenolic OH excluding ortho intramolecular Hbond substituents is 1. The highest BCUT2D eigenvalue weighted by Crippen LogP contribution is 2.44. The molecule has 7 heteroatoms. The van der Waals surface area contributed by atoms with E-state index in [1.807, 2.05) is 12.1 Å². The molecule has 1 aliphatic rings. The molecule has 1 atom stereocenters. The Hall–Kier alpha value is -3.95. The number of aliphatic imine (C=N–C) groups is 1. The summed E-state index contributed by atoms with van der Waals surface area (Å²) in [6.07, 6.45) is 1.56. The first-order chi connectivity index (χ1) is 15.0. The van der Waals surface area contributed by atoms with Gasteiger partial charge in [0, 0.05) is 28.4 Å². The zero-order valence-electron chi connectivity index (χ0n) is 16.5. The van der Waals surface area contributed by atoms with Crippen LogP contribution < -0.4 is 15.2 Å². The fourth-order valence-corrected chi connectivity index (χ4v) is 3.66. The fraction of sp³-hybridized carbons (Fsp3) is 0.0833. The van der Waals surface area contributed by atoms with Crippen molar-refractivity contribution in [2.75, 3.05) is 7.11 Å². The first kappa shape index (κ1) is 20.3. The number of nitrogens with two attached hydrogens (primary N) is 1. The molecule has 154 valence electrons. The van der Waals surface area contributed by atoms with E-state index in [-0.39, 0.29) is 17.2 Å². The van der Waals surface area contributed by atoms with E-state index in [4.69, 9.17) is 26.8 Å². The molecule has 0 saturated carbocycles. The predicted octanol–water partition coefficient (Wildman–Crippen LogP) is 5.02. The maximum atomic E-state index is 10.5. The number of methoxy groups -OCH3 is 1. The molecular weight excluding hydrogens is 414 g/mol. The van der Waals surface area contributed by atoms with Gasteiger partial charge >= 0.3 is 0 Å².